The van der Waals surface area contributed by atoms with Crippen LogP contribution in [-0.2, 0) is 35.3 Å². The van der Waals surface area contributed by atoms with Gasteiger partial charge in [0.1, 0.15) is 34.8 Å². The fourth-order valence-electron chi connectivity index (χ4n) is 11.7. The summed E-state index contributed by atoms with van der Waals surface area (Å²) in [5.41, 5.74) is 3.27. The van der Waals surface area contributed by atoms with Gasteiger partial charge in [-0.25, -0.2) is 9.59 Å². The van der Waals surface area contributed by atoms with E-state index in [4.69, 9.17) is 14.2 Å². The number of esters is 2. The Bertz CT molecular complexity index is 1830. The van der Waals surface area contributed by atoms with Crippen molar-refractivity contribution in [2.24, 2.45) is 35.5 Å². The summed E-state index contributed by atoms with van der Waals surface area (Å²) in [4.78, 5) is 53.7. The van der Waals surface area contributed by atoms with E-state index in [1.807, 2.05) is 12.1 Å². The average Bonchev–Trinajstić information content (AvgIpc) is 3.87. The van der Waals surface area contributed by atoms with E-state index in [0.29, 0.717) is 59.1 Å². The first-order valence-electron chi connectivity index (χ1n) is 20.4. The number of carbonyl (C=O) groups is 4. The largest absolute Gasteiger partial charge is 0.458 e. The lowest BCUT2D eigenvalue weighted by atomic mass is 9.70. The number of hydrogen-bond donors (Lipinski definition) is 2. The Morgan fingerprint density at radius 2 is 1.06 bits per heavy atom. The van der Waals surface area contributed by atoms with Crippen molar-refractivity contribution >= 4 is 23.8 Å². The molecule has 2 amide bonds. The number of nitrogens with one attached hydrogen (secondary N) is 2. The SMILES string of the molecule is CC(C)(C)c1cc(C(=O)O[C@H]2C[C@H]3C[C@@H]2[C@H]2NC(=O)CC[C@@H]32)c2c(c1)C(C)(C)c1cc(C(C)(C)C)cc(C(=O)O[C@H]3C[C@H]4C[C@@H]3[C@H]3NC(=O)CC[C@@H]43)c1O2. The maximum Gasteiger partial charge on any atom is 0.342 e. The first-order valence-corrected chi connectivity index (χ1v) is 20.4. The Morgan fingerprint density at radius 1 is 0.648 bits per heavy atom. The van der Waals surface area contributed by atoms with Crippen LogP contribution in [0.15, 0.2) is 24.3 Å². The van der Waals surface area contributed by atoms with Crippen LogP contribution >= 0.6 is 0 Å². The van der Waals surface area contributed by atoms with Gasteiger partial charge < -0.3 is 24.8 Å². The monoisotopic (exact) mass is 736 g/mol. The molecular weight excluding hydrogens is 681 g/mol. The van der Waals surface area contributed by atoms with Crippen molar-refractivity contribution in [2.75, 3.05) is 0 Å². The number of amides is 2. The predicted octanol–water partition coefficient (Wildman–Crippen LogP) is 7.63. The quantitative estimate of drug-likeness (QED) is 0.310. The van der Waals surface area contributed by atoms with Crippen LogP contribution in [0.4, 0.5) is 0 Å². The Balaban J connectivity index is 1.08. The molecule has 2 saturated heterocycles. The molecular formula is C45H56N2O7. The first kappa shape index (κ1) is 35.8. The van der Waals surface area contributed by atoms with Crippen LogP contribution in [0.25, 0.3) is 0 Å². The molecule has 54 heavy (non-hydrogen) atoms. The Hall–Kier alpha value is -3.88. The van der Waals surface area contributed by atoms with Crippen molar-refractivity contribution in [3.63, 3.8) is 0 Å². The highest BCUT2D eigenvalue weighted by Crippen LogP contribution is 2.56. The highest BCUT2D eigenvalue weighted by Gasteiger charge is 2.57. The zero-order chi connectivity index (χ0) is 38.2. The fourth-order valence-corrected chi connectivity index (χ4v) is 11.7. The zero-order valence-electron chi connectivity index (χ0n) is 33.1. The van der Waals surface area contributed by atoms with E-state index in [-0.39, 0.29) is 58.8 Å². The summed E-state index contributed by atoms with van der Waals surface area (Å²) >= 11 is 0. The first-order chi connectivity index (χ1) is 25.4. The van der Waals surface area contributed by atoms with Gasteiger partial charge in [0.25, 0.3) is 0 Å². The molecule has 288 valence electrons. The van der Waals surface area contributed by atoms with Crippen LogP contribution in [0.1, 0.15) is 150 Å². The second-order valence-corrected chi connectivity index (χ2v) is 20.3. The molecule has 10 atom stereocenters. The number of benzene rings is 2. The molecule has 3 heterocycles. The van der Waals surface area contributed by atoms with Gasteiger partial charge in [-0.3, -0.25) is 9.59 Å². The number of piperidine rings is 2. The van der Waals surface area contributed by atoms with Crippen molar-refractivity contribution in [3.05, 3.63) is 57.6 Å². The summed E-state index contributed by atoms with van der Waals surface area (Å²) in [6.07, 6.45) is 5.93. The van der Waals surface area contributed by atoms with Gasteiger partial charge in [-0.15, -0.1) is 0 Å². The molecule has 6 fully saturated rings. The van der Waals surface area contributed by atoms with Gasteiger partial charge in [0.15, 0.2) is 0 Å². The number of carbonyl (C=O) groups excluding carboxylic acids is 4. The molecule has 9 rings (SSSR count). The average molecular weight is 737 g/mol. The second kappa shape index (κ2) is 12.1. The molecule has 0 aromatic heterocycles. The predicted molar refractivity (Wildman–Crippen MR) is 203 cm³/mol. The van der Waals surface area contributed by atoms with Gasteiger partial charge >= 0.3 is 11.9 Å². The number of ether oxygens (including phenoxy) is 3. The summed E-state index contributed by atoms with van der Waals surface area (Å²) in [5, 5.41) is 6.44. The van der Waals surface area contributed by atoms with Gasteiger partial charge in [0, 0.05) is 53.3 Å². The number of fused-ring (bicyclic) bond motifs is 12. The lowest BCUT2D eigenvalue weighted by Crippen LogP contribution is -2.52. The van der Waals surface area contributed by atoms with E-state index < -0.39 is 17.4 Å². The molecule has 2 aromatic rings. The third-order valence-electron chi connectivity index (χ3n) is 14.7. The summed E-state index contributed by atoms with van der Waals surface area (Å²) in [7, 11) is 0. The van der Waals surface area contributed by atoms with Crippen LogP contribution in [0, 0.1) is 35.5 Å². The van der Waals surface area contributed by atoms with Crippen molar-refractivity contribution in [1.29, 1.82) is 0 Å². The van der Waals surface area contributed by atoms with Gasteiger partial charge in [0.2, 0.25) is 11.8 Å². The second-order valence-electron chi connectivity index (χ2n) is 20.3. The van der Waals surface area contributed by atoms with E-state index in [2.05, 4.69) is 78.2 Å². The third-order valence-corrected chi connectivity index (χ3v) is 14.7. The Kier molecular flexibility index (Phi) is 7.99. The minimum atomic E-state index is -0.645. The maximum atomic E-state index is 14.5. The summed E-state index contributed by atoms with van der Waals surface area (Å²) < 4.78 is 19.7. The molecule has 7 aliphatic rings. The van der Waals surface area contributed by atoms with Gasteiger partial charge in [-0.05, 0) is 96.3 Å². The number of hydrogen-bond acceptors (Lipinski definition) is 7. The van der Waals surface area contributed by atoms with E-state index in [1.54, 1.807) is 0 Å². The van der Waals surface area contributed by atoms with Crippen molar-refractivity contribution < 1.29 is 33.4 Å². The highest BCUT2D eigenvalue weighted by molar-refractivity contribution is 5.97. The Labute approximate surface area is 319 Å². The molecule has 9 nitrogen and oxygen atoms in total. The van der Waals surface area contributed by atoms with E-state index in [1.165, 1.54) is 0 Å². The lowest BCUT2D eigenvalue weighted by Gasteiger charge is -2.40. The molecule has 3 aliphatic heterocycles. The summed E-state index contributed by atoms with van der Waals surface area (Å²) in [6, 6.07) is 8.24. The third kappa shape index (κ3) is 5.60. The van der Waals surface area contributed by atoms with Crippen molar-refractivity contribution in [3.8, 4) is 11.5 Å². The van der Waals surface area contributed by atoms with Gasteiger partial charge in [0.05, 0.1) is 0 Å². The highest BCUT2D eigenvalue weighted by atomic mass is 16.6. The van der Waals surface area contributed by atoms with Crippen LogP contribution in [-0.4, -0.2) is 48.0 Å². The summed E-state index contributed by atoms with van der Waals surface area (Å²) in [5.74, 6) is 2.15. The van der Waals surface area contributed by atoms with Crippen molar-refractivity contribution in [1.82, 2.24) is 10.6 Å². The molecule has 4 bridgehead atoms. The van der Waals surface area contributed by atoms with E-state index in [0.717, 1.165) is 60.8 Å². The van der Waals surface area contributed by atoms with Crippen LogP contribution in [0.3, 0.4) is 0 Å². The minimum absolute atomic E-state index is 0.0561. The van der Waals surface area contributed by atoms with Crippen LogP contribution in [0.5, 0.6) is 11.5 Å². The molecule has 9 heteroatoms. The molecule has 4 saturated carbocycles. The normalized spacial score (nSPS) is 34.1. The number of rotatable bonds is 4. The molecule has 0 radical (unpaired) electrons. The molecule has 2 N–H and O–H groups in total. The lowest BCUT2D eigenvalue weighted by molar-refractivity contribution is -0.126. The van der Waals surface area contributed by atoms with E-state index >= 15 is 0 Å². The van der Waals surface area contributed by atoms with Gasteiger partial charge in [-0.2, -0.15) is 0 Å². The fraction of sp³-hybridized carbons (Fsp3) is 0.644. The van der Waals surface area contributed by atoms with Crippen LogP contribution < -0.4 is 15.4 Å². The van der Waals surface area contributed by atoms with E-state index in [9.17, 15) is 19.2 Å². The molecule has 0 spiro atoms. The van der Waals surface area contributed by atoms with Gasteiger partial charge in [-0.1, -0.05) is 67.5 Å². The molecule has 2 aromatic carbocycles. The van der Waals surface area contributed by atoms with Crippen molar-refractivity contribution in [2.45, 2.75) is 147 Å². The zero-order valence-corrected chi connectivity index (χ0v) is 33.1. The molecule has 0 unspecified atom stereocenters. The minimum Gasteiger partial charge on any atom is -0.458 e. The standard InChI is InChI=1S/C45H56N2O7/c1-43(2,3)23-17-29(41(50)52-33-15-21-13-27(33)37-25(21)9-11-35(48)46-37)39-31(19-23)45(7,8)32-20-24(44(4,5)6)18-30(40(32)54-39)42(51)53-34-16-22-14-28(34)38-26(22)10-12-36(49)47-38/h17-22,25-28,33-34,37-38H,9-16H2,1-8H3,(H,46,48)(H,47,49)/t21-,22-,25+,26+,27+,28+,33+,34+,37+,38+/m1/s1. The smallest absolute Gasteiger partial charge is 0.342 e. The Morgan fingerprint density at radius 3 is 1.44 bits per heavy atom. The molecule has 4 aliphatic carbocycles. The maximum absolute atomic E-state index is 14.5. The van der Waals surface area contributed by atoms with Crippen LogP contribution in [0.2, 0.25) is 0 Å². The summed E-state index contributed by atoms with van der Waals surface area (Å²) in [6.45, 7) is 17.1. The topological polar surface area (TPSA) is 120 Å².